The number of ketones is 1. The normalized spacial score (nSPS) is 16.8. The number of Topliss-reactive ketones (excluding diaryl/α,β-unsaturated/α-hetero) is 1. The van der Waals surface area contributed by atoms with Gasteiger partial charge in [-0.3, -0.25) is 4.79 Å². The Labute approximate surface area is 125 Å². The van der Waals surface area contributed by atoms with Crippen LogP contribution in [0.1, 0.15) is 37.3 Å². The quantitative estimate of drug-likeness (QED) is 0.788. The summed E-state index contributed by atoms with van der Waals surface area (Å²) in [7, 11) is 0. The van der Waals surface area contributed by atoms with E-state index in [1.807, 2.05) is 18.2 Å². The van der Waals surface area contributed by atoms with Crippen LogP contribution in [-0.4, -0.2) is 10.8 Å². The summed E-state index contributed by atoms with van der Waals surface area (Å²) in [6.07, 6.45) is 3.34. The van der Waals surface area contributed by atoms with Crippen molar-refractivity contribution in [1.29, 1.82) is 0 Å². The van der Waals surface area contributed by atoms with Gasteiger partial charge in [0.25, 0.3) is 0 Å². The van der Waals surface area contributed by atoms with Crippen molar-refractivity contribution in [2.75, 3.05) is 0 Å². The van der Waals surface area contributed by atoms with Gasteiger partial charge in [0.2, 0.25) is 0 Å². The molecule has 0 atom stereocenters. The molecule has 1 aliphatic rings. The molecule has 1 aromatic heterocycles. The molecular formula is C15H14BrNOS. The Kier molecular flexibility index (Phi) is 3.80. The number of hydrogen-bond donors (Lipinski definition) is 0. The third-order valence-corrected chi connectivity index (χ3v) is 5.17. The molecule has 0 N–H and O–H groups in total. The third kappa shape index (κ3) is 2.79. The minimum absolute atomic E-state index is 0.400. The molecule has 1 fully saturated rings. The van der Waals surface area contributed by atoms with Crippen LogP contribution >= 0.6 is 27.3 Å². The Balaban J connectivity index is 1.84. The van der Waals surface area contributed by atoms with Gasteiger partial charge in [-0.2, -0.15) is 0 Å². The van der Waals surface area contributed by atoms with E-state index in [9.17, 15) is 4.79 Å². The summed E-state index contributed by atoms with van der Waals surface area (Å²) in [5.74, 6) is 0.864. The first kappa shape index (κ1) is 13.0. The summed E-state index contributed by atoms with van der Waals surface area (Å²) in [6, 6.07) is 8.15. The maximum absolute atomic E-state index is 11.3. The van der Waals surface area contributed by atoms with Gasteiger partial charge in [-0.1, -0.05) is 34.1 Å². The summed E-state index contributed by atoms with van der Waals surface area (Å²) in [6.45, 7) is 0. The number of hydrogen-bond acceptors (Lipinski definition) is 3. The van der Waals surface area contributed by atoms with Gasteiger partial charge in [0.05, 0.1) is 5.69 Å². The fraction of sp³-hybridized carbons (Fsp3) is 0.333. The van der Waals surface area contributed by atoms with Gasteiger partial charge in [0.1, 0.15) is 10.8 Å². The molecule has 0 bridgehead atoms. The predicted octanol–water partition coefficient (Wildman–Crippen LogP) is 4.80. The Morgan fingerprint density at radius 3 is 2.68 bits per heavy atom. The molecule has 4 heteroatoms. The van der Waals surface area contributed by atoms with Gasteiger partial charge in [-0.05, 0) is 18.9 Å². The zero-order valence-corrected chi connectivity index (χ0v) is 12.8. The SMILES string of the molecule is O=C1CCC(c2csc(-c3ccccc3Br)n2)CC1. The highest BCUT2D eigenvalue weighted by molar-refractivity contribution is 9.10. The van der Waals surface area contributed by atoms with Gasteiger partial charge < -0.3 is 0 Å². The summed E-state index contributed by atoms with van der Waals surface area (Å²) < 4.78 is 1.08. The predicted molar refractivity (Wildman–Crippen MR) is 81.5 cm³/mol. The van der Waals surface area contributed by atoms with Crippen molar-refractivity contribution >= 4 is 33.0 Å². The zero-order valence-electron chi connectivity index (χ0n) is 10.4. The number of rotatable bonds is 2. The first-order valence-corrected chi connectivity index (χ1v) is 8.13. The first-order chi connectivity index (χ1) is 9.24. The maximum Gasteiger partial charge on any atom is 0.132 e. The van der Waals surface area contributed by atoms with Crippen molar-refractivity contribution in [2.24, 2.45) is 0 Å². The van der Waals surface area contributed by atoms with Crippen LogP contribution in [0.5, 0.6) is 0 Å². The van der Waals surface area contributed by atoms with Gasteiger partial charge in [-0.15, -0.1) is 11.3 Å². The number of thiazole rings is 1. The van der Waals surface area contributed by atoms with Crippen molar-refractivity contribution in [2.45, 2.75) is 31.6 Å². The van der Waals surface area contributed by atoms with Crippen LogP contribution in [-0.2, 0) is 4.79 Å². The van der Waals surface area contributed by atoms with Gasteiger partial charge in [-0.25, -0.2) is 4.98 Å². The summed E-state index contributed by atoms with van der Waals surface area (Å²) in [5, 5.41) is 3.20. The Morgan fingerprint density at radius 2 is 1.95 bits per heavy atom. The lowest BCUT2D eigenvalue weighted by Crippen LogP contribution is -2.12. The van der Waals surface area contributed by atoms with E-state index in [0.717, 1.165) is 33.6 Å². The highest BCUT2D eigenvalue weighted by atomic mass is 79.9. The number of carbonyl (C=O) groups is 1. The van der Waals surface area contributed by atoms with Crippen LogP contribution in [0.15, 0.2) is 34.1 Å². The largest absolute Gasteiger partial charge is 0.300 e. The lowest BCUT2D eigenvalue weighted by Gasteiger charge is -2.18. The average Bonchev–Trinajstić information content (AvgIpc) is 2.89. The smallest absolute Gasteiger partial charge is 0.132 e. The molecule has 0 saturated heterocycles. The van der Waals surface area contributed by atoms with Crippen LogP contribution < -0.4 is 0 Å². The Hall–Kier alpha value is -1.000. The van der Waals surface area contributed by atoms with Crippen LogP contribution in [0.2, 0.25) is 0 Å². The molecule has 0 radical (unpaired) electrons. The van der Waals surface area contributed by atoms with Gasteiger partial charge in [0, 0.05) is 34.2 Å². The van der Waals surface area contributed by atoms with Crippen LogP contribution in [0, 0.1) is 0 Å². The van der Waals surface area contributed by atoms with Crippen LogP contribution in [0.25, 0.3) is 10.6 Å². The second-order valence-electron chi connectivity index (χ2n) is 4.87. The molecule has 1 heterocycles. The molecule has 1 aliphatic carbocycles. The summed E-state index contributed by atoms with van der Waals surface area (Å²) in [5.41, 5.74) is 2.30. The van der Waals surface area contributed by atoms with E-state index >= 15 is 0 Å². The van der Waals surface area contributed by atoms with Gasteiger partial charge >= 0.3 is 0 Å². The highest BCUT2D eigenvalue weighted by Gasteiger charge is 2.22. The fourth-order valence-electron chi connectivity index (χ4n) is 2.47. The van der Waals surface area contributed by atoms with Crippen molar-refractivity contribution < 1.29 is 4.79 Å². The summed E-state index contributed by atoms with van der Waals surface area (Å²) in [4.78, 5) is 16.1. The van der Waals surface area contributed by atoms with Crippen molar-refractivity contribution in [1.82, 2.24) is 4.98 Å². The molecule has 0 amide bonds. The van der Waals surface area contributed by atoms with E-state index in [1.165, 1.54) is 0 Å². The lowest BCUT2D eigenvalue weighted by atomic mass is 9.87. The molecular weight excluding hydrogens is 322 g/mol. The number of aromatic nitrogens is 1. The van der Waals surface area contributed by atoms with Crippen molar-refractivity contribution in [3.05, 3.63) is 39.8 Å². The third-order valence-electron chi connectivity index (χ3n) is 3.59. The van der Waals surface area contributed by atoms with E-state index in [1.54, 1.807) is 11.3 Å². The van der Waals surface area contributed by atoms with E-state index in [-0.39, 0.29) is 0 Å². The molecule has 2 aromatic rings. The first-order valence-electron chi connectivity index (χ1n) is 6.46. The highest BCUT2D eigenvalue weighted by Crippen LogP contribution is 2.36. The van der Waals surface area contributed by atoms with Gasteiger partial charge in [0.15, 0.2) is 0 Å². The molecule has 0 spiro atoms. The molecule has 2 nitrogen and oxygen atoms in total. The average molecular weight is 336 g/mol. The molecule has 0 aliphatic heterocycles. The van der Waals surface area contributed by atoms with Crippen molar-refractivity contribution in [3.8, 4) is 10.6 Å². The van der Waals surface area contributed by atoms with Crippen molar-refractivity contribution in [3.63, 3.8) is 0 Å². The topological polar surface area (TPSA) is 30.0 Å². The maximum atomic E-state index is 11.3. The summed E-state index contributed by atoms with van der Waals surface area (Å²) >= 11 is 5.25. The van der Waals surface area contributed by atoms with E-state index in [2.05, 4.69) is 27.4 Å². The van der Waals surface area contributed by atoms with Crippen LogP contribution in [0.4, 0.5) is 0 Å². The molecule has 1 saturated carbocycles. The minimum Gasteiger partial charge on any atom is -0.300 e. The van der Waals surface area contributed by atoms with E-state index in [4.69, 9.17) is 4.98 Å². The molecule has 19 heavy (non-hydrogen) atoms. The molecule has 0 unspecified atom stereocenters. The Morgan fingerprint density at radius 1 is 1.21 bits per heavy atom. The molecule has 3 rings (SSSR count). The number of halogens is 1. The fourth-order valence-corrected chi connectivity index (χ4v) is 4.01. The number of benzene rings is 1. The van der Waals surface area contributed by atoms with E-state index < -0.39 is 0 Å². The minimum atomic E-state index is 0.400. The second-order valence-corrected chi connectivity index (χ2v) is 6.58. The standard InChI is InChI=1S/C15H14BrNOS/c16-13-4-2-1-3-12(13)15-17-14(9-19-15)10-5-7-11(18)8-6-10/h1-4,9-10H,5-8H2. The van der Waals surface area contributed by atoms with Crippen LogP contribution in [0.3, 0.4) is 0 Å². The number of carbonyl (C=O) groups excluding carboxylic acids is 1. The zero-order chi connectivity index (χ0) is 13.2. The Bertz CT molecular complexity index is 598. The molecule has 98 valence electrons. The van der Waals surface area contributed by atoms with E-state index in [0.29, 0.717) is 24.5 Å². The second kappa shape index (κ2) is 5.55. The molecule has 1 aromatic carbocycles. The number of nitrogens with zero attached hydrogens (tertiary/aromatic N) is 1. The lowest BCUT2D eigenvalue weighted by molar-refractivity contribution is -0.120. The monoisotopic (exact) mass is 335 g/mol.